The number of aromatic nitrogens is 4. The van der Waals surface area contributed by atoms with E-state index >= 15 is 0 Å². The number of piperazine rings is 1. The van der Waals surface area contributed by atoms with Crippen molar-refractivity contribution in [3.05, 3.63) is 35.9 Å². The van der Waals surface area contributed by atoms with E-state index in [1.807, 2.05) is 34.9 Å². The summed E-state index contributed by atoms with van der Waals surface area (Å²) in [6.07, 6.45) is 6.99. The number of rotatable bonds is 8. The molecule has 11 nitrogen and oxygen atoms in total. The van der Waals surface area contributed by atoms with Crippen LogP contribution in [0.5, 0.6) is 0 Å². The second kappa shape index (κ2) is 10.7. The second-order valence-corrected chi connectivity index (χ2v) is 9.61. The van der Waals surface area contributed by atoms with E-state index < -0.39 is 11.6 Å². The van der Waals surface area contributed by atoms with E-state index in [1.54, 1.807) is 12.4 Å². The average molecular weight is 472 g/mol. The lowest BCUT2D eigenvalue weighted by Crippen LogP contribution is -2.57. The van der Waals surface area contributed by atoms with Crippen LogP contribution < -0.4 is 9.80 Å². The number of hydrogen-bond acceptors (Lipinski definition) is 10. The number of esters is 1. The van der Waals surface area contributed by atoms with Crippen molar-refractivity contribution in [3.8, 4) is 0 Å². The molecule has 2 aromatic heterocycles. The zero-order valence-corrected chi connectivity index (χ0v) is 20.4. The van der Waals surface area contributed by atoms with Gasteiger partial charge in [0.25, 0.3) is 0 Å². The number of aryl methyl sites for hydroxylation is 1. The smallest absolute Gasteiger partial charge is 0.338 e. The number of hydrogen-bond donors (Lipinski definition) is 1. The highest BCUT2D eigenvalue weighted by Crippen LogP contribution is 2.20. The van der Waals surface area contributed by atoms with Crippen LogP contribution in [-0.4, -0.2) is 93.8 Å². The molecule has 34 heavy (non-hydrogen) atoms. The van der Waals surface area contributed by atoms with Crippen LogP contribution in [-0.2, 0) is 16.0 Å². The van der Waals surface area contributed by atoms with Gasteiger partial charge in [0.05, 0.1) is 11.6 Å². The topological polar surface area (TPSA) is 125 Å². The Bertz CT molecular complexity index is 974. The lowest BCUT2D eigenvalue weighted by molar-refractivity contribution is -0.154. The number of carboxylic acid groups (broad SMARTS) is 1. The van der Waals surface area contributed by atoms with E-state index in [2.05, 4.69) is 34.6 Å². The minimum absolute atomic E-state index is 0.0618. The standard InChI is InChI=1S/C23H33N7O4/c1-23(2,3)34-19(31)7-6-16-10-24-21(25-11-16)29-8-9-30(18(15-29)14-28(4)5)22-26-12-17(13-27-22)20(32)33/h10-13,18H,6-9,14-15H2,1-5H3,(H,32,33)/t18-/m0/s1. The lowest BCUT2D eigenvalue weighted by atomic mass is 10.1. The molecule has 0 radical (unpaired) electrons. The van der Waals surface area contributed by atoms with Gasteiger partial charge < -0.3 is 24.5 Å². The molecule has 184 valence electrons. The summed E-state index contributed by atoms with van der Waals surface area (Å²) in [6, 6.07) is 0.0647. The van der Waals surface area contributed by atoms with Crippen LogP contribution in [0.15, 0.2) is 24.8 Å². The van der Waals surface area contributed by atoms with Crippen LogP contribution in [0, 0.1) is 0 Å². The number of ether oxygens (including phenoxy) is 1. The Balaban J connectivity index is 1.64. The molecule has 0 bridgehead atoms. The Kier molecular flexibility index (Phi) is 7.98. The number of carboxylic acids is 1. The molecular formula is C23H33N7O4. The number of likely N-dealkylation sites (N-methyl/N-ethyl adjacent to an activating group) is 1. The van der Waals surface area contributed by atoms with E-state index in [4.69, 9.17) is 9.84 Å². The summed E-state index contributed by atoms with van der Waals surface area (Å²) in [5.74, 6) is -0.146. The third-order valence-electron chi connectivity index (χ3n) is 5.21. The minimum Gasteiger partial charge on any atom is -0.478 e. The first-order valence-corrected chi connectivity index (χ1v) is 11.3. The molecule has 2 aromatic rings. The van der Waals surface area contributed by atoms with Gasteiger partial charge >= 0.3 is 11.9 Å². The molecular weight excluding hydrogens is 438 g/mol. The molecule has 0 spiro atoms. The average Bonchev–Trinajstić information content (AvgIpc) is 2.76. The molecule has 0 aliphatic carbocycles. The molecule has 3 rings (SSSR count). The van der Waals surface area contributed by atoms with Crippen molar-refractivity contribution in [2.45, 2.75) is 45.3 Å². The Hall–Kier alpha value is -3.34. The molecule has 11 heteroatoms. The largest absolute Gasteiger partial charge is 0.478 e. The van der Waals surface area contributed by atoms with Crippen molar-refractivity contribution in [2.75, 3.05) is 50.1 Å². The van der Waals surface area contributed by atoms with Crippen molar-refractivity contribution in [1.29, 1.82) is 0 Å². The van der Waals surface area contributed by atoms with Crippen LogP contribution >= 0.6 is 0 Å². The van der Waals surface area contributed by atoms with Crippen molar-refractivity contribution in [2.24, 2.45) is 0 Å². The Morgan fingerprint density at radius 3 is 2.24 bits per heavy atom. The monoisotopic (exact) mass is 471 g/mol. The third-order valence-corrected chi connectivity index (χ3v) is 5.21. The van der Waals surface area contributed by atoms with Crippen LogP contribution in [0.3, 0.4) is 0 Å². The molecule has 0 unspecified atom stereocenters. The van der Waals surface area contributed by atoms with E-state index in [-0.39, 0.29) is 24.0 Å². The van der Waals surface area contributed by atoms with Crippen LogP contribution in [0.25, 0.3) is 0 Å². The number of carbonyl (C=O) groups is 2. The maximum absolute atomic E-state index is 12.0. The Morgan fingerprint density at radius 1 is 1.06 bits per heavy atom. The van der Waals surface area contributed by atoms with Crippen LogP contribution in [0.2, 0.25) is 0 Å². The lowest BCUT2D eigenvalue weighted by Gasteiger charge is -2.42. The molecule has 1 aliphatic heterocycles. The highest BCUT2D eigenvalue weighted by molar-refractivity contribution is 5.86. The minimum atomic E-state index is -1.05. The van der Waals surface area contributed by atoms with Crippen molar-refractivity contribution >= 4 is 23.8 Å². The van der Waals surface area contributed by atoms with E-state index in [1.165, 1.54) is 12.4 Å². The molecule has 0 amide bonds. The van der Waals surface area contributed by atoms with E-state index in [0.717, 1.165) is 12.1 Å². The zero-order valence-electron chi connectivity index (χ0n) is 20.4. The van der Waals surface area contributed by atoms with Gasteiger partial charge in [0, 0.05) is 57.4 Å². The summed E-state index contributed by atoms with van der Waals surface area (Å²) in [5.41, 5.74) is 0.447. The summed E-state index contributed by atoms with van der Waals surface area (Å²) >= 11 is 0. The number of nitrogens with zero attached hydrogens (tertiary/aromatic N) is 7. The van der Waals surface area contributed by atoms with Gasteiger partial charge in [-0.3, -0.25) is 4.79 Å². The van der Waals surface area contributed by atoms with Crippen LogP contribution in [0.1, 0.15) is 43.1 Å². The van der Waals surface area contributed by atoms with Gasteiger partial charge in [-0.25, -0.2) is 24.7 Å². The maximum atomic E-state index is 12.0. The predicted molar refractivity (Wildman–Crippen MR) is 127 cm³/mol. The summed E-state index contributed by atoms with van der Waals surface area (Å²) in [7, 11) is 4.00. The van der Waals surface area contributed by atoms with Gasteiger partial charge in [0.2, 0.25) is 11.9 Å². The van der Waals surface area contributed by atoms with Gasteiger partial charge in [-0.2, -0.15) is 0 Å². The van der Waals surface area contributed by atoms with Gasteiger partial charge in [-0.15, -0.1) is 0 Å². The summed E-state index contributed by atoms with van der Waals surface area (Å²) in [5, 5.41) is 9.10. The van der Waals surface area contributed by atoms with Gasteiger partial charge in [0.1, 0.15) is 5.60 Å². The summed E-state index contributed by atoms with van der Waals surface area (Å²) in [6.45, 7) is 8.30. The second-order valence-electron chi connectivity index (χ2n) is 9.61. The number of aromatic carboxylic acids is 1. The van der Waals surface area contributed by atoms with E-state index in [9.17, 15) is 9.59 Å². The highest BCUT2D eigenvalue weighted by Gasteiger charge is 2.30. The Morgan fingerprint density at radius 2 is 1.68 bits per heavy atom. The van der Waals surface area contributed by atoms with Crippen molar-refractivity contribution in [3.63, 3.8) is 0 Å². The Labute approximate surface area is 199 Å². The molecule has 1 atom stereocenters. The maximum Gasteiger partial charge on any atom is 0.338 e. The third kappa shape index (κ3) is 7.08. The summed E-state index contributed by atoms with van der Waals surface area (Å²) < 4.78 is 5.35. The van der Waals surface area contributed by atoms with Crippen molar-refractivity contribution in [1.82, 2.24) is 24.8 Å². The van der Waals surface area contributed by atoms with Gasteiger partial charge in [-0.05, 0) is 46.9 Å². The molecule has 3 heterocycles. The molecule has 1 N–H and O–H groups in total. The molecule has 1 fully saturated rings. The fraction of sp³-hybridized carbons (Fsp3) is 0.565. The highest BCUT2D eigenvalue weighted by atomic mass is 16.6. The first kappa shape index (κ1) is 25.3. The van der Waals surface area contributed by atoms with Gasteiger partial charge in [-0.1, -0.05) is 0 Å². The molecule has 1 aliphatic rings. The fourth-order valence-electron chi connectivity index (χ4n) is 3.74. The summed E-state index contributed by atoms with van der Waals surface area (Å²) in [4.78, 5) is 47.0. The quantitative estimate of drug-likeness (QED) is 0.563. The number of carbonyl (C=O) groups excluding carboxylic acids is 1. The molecule has 0 aromatic carbocycles. The predicted octanol–water partition coefficient (Wildman–Crippen LogP) is 1.50. The van der Waals surface area contributed by atoms with Crippen molar-refractivity contribution < 1.29 is 19.4 Å². The first-order valence-electron chi connectivity index (χ1n) is 11.3. The van der Waals surface area contributed by atoms with Gasteiger partial charge in [0.15, 0.2) is 0 Å². The zero-order chi connectivity index (χ0) is 24.9. The molecule has 0 saturated carbocycles. The SMILES string of the molecule is CN(C)C[C@H]1CN(c2ncc(CCC(=O)OC(C)(C)C)cn2)CCN1c1ncc(C(=O)O)cn1. The van der Waals surface area contributed by atoms with E-state index in [0.29, 0.717) is 38.0 Å². The van der Waals surface area contributed by atoms with Crippen LogP contribution in [0.4, 0.5) is 11.9 Å². The number of anilines is 2. The fourth-order valence-corrected chi connectivity index (χ4v) is 3.74. The molecule has 1 saturated heterocycles. The normalized spacial score (nSPS) is 16.6. The first-order chi connectivity index (χ1) is 16.0.